The number of benzene rings is 2. The largest absolute Gasteiger partial charge is 0.332 e. The van der Waals surface area contributed by atoms with Crippen molar-refractivity contribution in [2.75, 3.05) is 6.54 Å². The number of amides is 1. The molecule has 0 spiro atoms. The van der Waals surface area contributed by atoms with E-state index in [4.69, 9.17) is 16.6 Å². The van der Waals surface area contributed by atoms with Crippen LogP contribution in [0.1, 0.15) is 57.0 Å². The maximum absolute atomic E-state index is 13.2. The average Bonchev–Trinajstić information content (AvgIpc) is 2.77. The van der Waals surface area contributed by atoms with Gasteiger partial charge in [-0.05, 0) is 43.5 Å². The number of fused-ring (bicyclic) bond motifs is 1. The molecule has 0 aliphatic rings. The second kappa shape index (κ2) is 10.6. The number of halogens is 1. The van der Waals surface area contributed by atoms with Crippen LogP contribution in [0.25, 0.3) is 10.9 Å². The van der Waals surface area contributed by atoms with E-state index >= 15 is 0 Å². The molecule has 0 aliphatic heterocycles. The van der Waals surface area contributed by atoms with Crippen LogP contribution in [0.3, 0.4) is 0 Å². The molecule has 0 aliphatic carbocycles. The Morgan fingerprint density at radius 2 is 1.90 bits per heavy atom. The van der Waals surface area contributed by atoms with Gasteiger partial charge < -0.3 is 4.90 Å². The second-order valence-corrected chi connectivity index (χ2v) is 8.39. The zero-order valence-electron chi connectivity index (χ0n) is 18.5. The van der Waals surface area contributed by atoms with Gasteiger partial charge in [0.15, 0.2) is 0 Å². The molecule has 1 amide bonds. The summed E-state index contributed by atoms with van der Waals surface area (Å²) in [6.07, 6.45) is 4.20. The van der Waals surface area contributed by atoms with Crippen LogP contribution < -0.4 is 5.56 Å². The predicted octanol–water partition coefficient (Wildman–Crippen LogP) is 5.30. The van der Waals surface area contributed by atoms with E-state index in [1.54, 1.807) is 29.8 Å². The lowest BCUT2D eigenvalue weighted by Gasteiger charge is -2.30. The van der Waals surface area contributed by atoms with E-state index in [2.05, 4.69) is 19.1 Å². The van der Waals surface area contributed by atoms with E-state index in [0.29, 0.717) is 34.7 Å². The molecule has 3 aromatic rings. The van der Waals surface area contributed by atoms with Crippen molar-refractivity contribution in [3.63, 3.8) is 0 Å². The fourth-order valence-electron chi connectivity index (χ4n) is 3.87. The van der Waals surface area contributed by atoms with Crippen molar-refractivity contribution in [1.82, 2.24) is 14.5 Å². The van der Waals surface area contributed by atoms with Gasteiger partial charge in [-0.3, -0.25) is 14.2 Å². The molecule has 1 atom stereocenters. The van der Waals surface area contributed by atoms with Crippen LogP contribution >= 0.6 is 11.6 Å². The van der Waals surface area contributed by atoms with E-state index in [1.807, 2.05) is 30.0 Å². The maximum atomic E-state index is 13.2. The van der Waals surface area contributed by atoms with E-state index in [-0.39, 0.29) is 17.5 Å². The summed E-state index contributed by atoms with van der Waals surface area (Å²) in [5, 5.41) is 1.05. The zero-order valence-corrected chi connectivity index (χ0v) is 19.2. The van der Waals surface area contributed by atoms with Crippen molar-refractivity contribution in [2.45, 2.75) is 52.0 Å². The van der Waals surface area contributed by atoms with Crippen molar-refractivity contribution in [2.24, 2.45) is 7.05 Å². The third-order valence-electron chi connectivity index (χ3n) is 5.71. The van der Waals surface area contributed by atoms with Gasteiger partial charge in [-0.1, -0.05) is 61.7 Å². The van der Waals surface area contributed by atoms with Crippen molar-refractivity contribution in [1.29, 1.82) is 0 Å². The van der Waals surface area contributed by atoms with Gasteiger partial charge in [-0.2, -0.15) is 0 Å². The monoisotopic (exact) mass is 439 g/mol. The molecule has 2 aromatic carbocycles. The summed E-state index contributed by atoms with van der Waals surface area (Å²) in [7, 11) is 1.71. The number of hydrogen-bond acceptors (Lipinski definition) is 3. The maximum Gasteiger partial charge on any atom is 0.261 e. The first-order valence-electron chi connectivity index (χ1n) is 10.9. The minimum Gasteiger partial charge on any atom is -0.332 e. The molecule has 6 heteroatoms. The highest BCUT2D eigenvalue weighted by atomic mass is 35.5. The Bertz CT molecular complexity index is 1100. The summed E-state index contributed by atoms with van der Waals surface area (Å²) in [4.78, 5) is 32.7. The van der Waals surface area contributed by atoms with Crippen molar-refractivity contribution in [3.8, 4) is 0 Å². The Kier molecular flexibility index (Phi) is 7.85. The van der Waals surface area contributed by atoms with Gasteiger partial charge in [0.2, 0.25) is 5.91 Å². The van der Waals surface area contributed by atoms with Gasteiger partial charge in [0.05, 0.1) is 16.9 Å². The van der Waals surface area contributed by atoms with Crippen molar-refractivity contribution in [3.05, 3.63) is 75.3 Å². The third-order valence-corrected chi connectivity index (χ3v) is 5.95. The Morgan fingerprint density at radius 1 is 1.16 bits per heavy atom. The smallest absolute Gasteiger partial charge is 0.261 e. The Balaban J connectivity index is 1.94. The van der Waals surface area contributed by atoms with Crippen LogP contribution in [0, 0.1) is 0 Å². The average molecular weight is 440 g/mol. The van der Waals surface area contributed by atoms with E-state index < -0.39 is 0 Å². The van der Waals surface area contributed by atoms with E-state index in [9.17, 15) is 9.59 Å². The van der Waals surface area contributed by atoms with Crippen molar-refractivity contribution >= 4 is 28.4 Å². The van der Waals surface area contributed by atoms with Gasteiger partial charge in [0.25, 0.3) is 5.56 Å². The summed E-state index contributed by atoms with van der Waals surface area (Å²) in [6.45, 7) is 4.64. The molecule has 0 radical (unpaired) electrons. The molecule has 0 N–H and O–H groups in total. The number of carbonyl (C=O) groups excluding carboxylic acids is 1. The van der Waals surface area contributed by atoms with Crippen LogP contribution in [0.15, 0.2) is 53.3 Å². The molecule has 31 heavy (non-hydrogen) atoms. The second-order valence-electron chi connectivity index (χ2n) is 7.95. The van der Waals surface area contributed by atoms with Gasteiger partial charge >= 0.3 is 0 Å². The number of nitrogens with zero attached hydrogens (tertiary/aromatic N) is 3. The van der Waals surface area contributed by atoms with Gasteiger partial charge in [-0.15, -0.1) is 0 Å². The number of hydrogen-bond donors (Lipinski definition) is 0. The zero-order chi connectivity index (χ0) is 22.4. The van der Waals surface area contributed by atoms with E-state index in [1.165, 1.54) is 5.56 Å². The lowest BCUT2D eigenvalue weighted by atomic mass is 10.1. The molecule has 1 unspecified atom stereocenters. The lowest BCUT2D eigenvalue weighted by molar-refractivity contribution is -0.133. The molecule has 1 heterocycles. The van der Waals surface area contributed by atoms with E-state index in [0.717, 1.165) is 25.7 Å². The molecule has 1 aromatic heterocycles. The topological polar surface area (TPSA) is 55.2 Å². The molecule has 0 saturated carbocycles. The summed E-state index contributed by atoms with van der Waals surface area (Å²) >= 11 is 6.13. The van der Waals surface area contributed by atoms with Crippen molar-refractivity contribution < 1.29 is 4.79 Å². The van der Waals surface area contributed by atoms with Crippen LogP contribution in [-0.2, 0) is 18.3 Å². The molecule has 5 nitrogen and oxygen atoms in total. The molecule has 0 fully saturated rings. The quantitative estimate of drug-likeness (QED) is 0.425. The highest BCUT2D eigenvalue weighted by molar-refractivity contribution is 6.31. The van der Waals surface area contributed by atoms with Crippen LogP contribution in [0.4, 0.5) is 0 Å². The first-order chi connectivity index (χ1) is 14.9. The molecule has 0 saturated heterocycles. The lowest BCUT2D eigenvalue weighted by Crippen LogP contribution is -2.38. The first-order valence-corrected chi connectivity index (χ1v) is 11.3. The third kappa shape index (κ3) is 5.53. The number of unbranched alkanes of at least 4 members (excludes halogenated alkanes) is 2. The van der Waals surface area contributed by atoms with Crippen LogP contribution in [0.5, 0.6) is 0 Å². The van der Waals surface area contributed by atoms with Gasteiger partial charge in [0, 0.05) is 25.0 Å². The molecule has 164 valence electrons. The highest BCUT2D eigenvalue weighted by Gasteiger charge is 2.25. The Labute approximate surface area is 188 Å². The SMILES string of the molecule is CCCCCC(=O)N(CCc1ccccc1)C(C)c1nc2cc(Cl)ccc2c(=O)n1C. The molecule has 0 bridgehead atoms. The summed E-state index contributed by atoms with van der Waals surface area (Å²) in [6, 6.07) is 14.9. The summed E-state index contributed by atoms with van der Waals surface area (Å²) in [5.41, 5.74) is 1.59. The Hall–Kier alpha value is -2.66. The number of carbonyl (C=O) groups is 1. The Morgan fingerprint density at radius 3 is 2.61 bits per heavy atom. The summed E-state index contributed by atoms with van der Waals surface area (Å²) in [5.74, 6) is 0.661. The summed E-state index contributed by atoms with van der Waals surface area (Å²) < 4.78 is 1.55. The first kappa shape index (κ1) is 23.0. The molecular formula is C25H30ClN3O2. The minimum absolute atomic E-state index is 0.0947. The molecule has 3 rings (SSSR count). The highest BCUT2D eigenvalue weighted by Crippen LogP contribution is 2.23. The standard InChI is InChI=1S/C25H30ClN3O2/c1-4-5-7-12-23(30)29(16-15-19-10-8-6-9-11-19)18(2)24-27-22-17-20(26)13-14-21(22)25(31)28(24)3/h6,8-11,13-14,17-18H,4-5,7,12,15-16H2,1-3H3. The predicted molar refractivity (Wildman–Crippen MR) is 126 cm³/mol. The van der Waals surface area contributed by atoms with Crippen LogP contribution in [0.2, 0.25) is 5.02 Å². The van der Waals surface area contributed by atoms with Crippen LogP contribution in [-0.4, -0.2) is 26.9 Å². The molecular weight excluding hydrogens is 410 g/mol. The normalized spacial score (nSPS) is 12.1. The van der Waals surface area contributed by atoms with Gasteiger partial charge in [0.1, 0.15) is 5.82 Å². The number of rotatable bonds is 9. The fraction of sp³-hybridized carbons (Fsp3) is 0.400. The fourth-order valence-corrected chi connectivity index (χ4v) is 4.04. The number of aromatic nitrogens is 2. The minimum atomic E-state index is -0.334. The van der Waals surface area contributed by atoms with Gasteiger partial charge in [-0.25, -0.2) is 4.98 Å².